The number of rotatable bonds is 6. The van der Waals surface area contributed by atoms with Crippen LogP contribution in [0.5, 0.6) is 0 Å². The lowest BCUT2D eigenvalue weighted by Gasteiger charge is -2.12. The average Bonchev–Trinajstić information content (AvgIpc) is 3.04. The van der Waals surface area contributed by atoms with E-state index >= 15 is 0 Å². The second kappa shape index (κ2) is 8.10. The third kappa shape index (κ3) is 4.67. The number of carbonyl (C=O) groups excluding carboxylic acids is 2. The number of anilines is 1. The molecule has 2 amide bonds. The Hall–Kier alpha value is -2.73. The van der Waals surface area contributed by atoms with E-state index < -0.39 is 0 Å². The molecular weight excluding hydrogens is 346 g/mol. The van der Waals surface area contributed by atoms with Crippen LogP contribution in [0.25, 0.3) is 20.8 Å². The molecule has 26 heavy (non-hydrogen) atoms. The summed E-state index contributed by atoms with van der Waals surface area (Å²) in [7, 11) is 0. The number of hydrogen-bond acceptors (Lipinski definition) is 4. The molecule has 0 radical (unpaired) electrons. The number of nitrogens with zero attached hydrogens (tertiary/aromatic N) is 1. The fraction of sp³-hybridized carbons (Fsp3) is 0.250. The van der Waals surface area contributed by atoms with Crippen molar-refractivity contribution >= 4 is 39.1 Å². The summed E-state index contributed by atoms with van der Waals surface area (Å²) in [5.74, 6) is -0.0563. The van der Waals surface area contributed by atoms with Gasteiger partial charge in [0.1, 0.15) is 5.01 Å². The second-order valence-corrected chi connectivity index (χ2v) is 7.39. The zero-order valence-electron chi connectivity index (χ0n) is 14.8. The number of aromatic nitrogens is 1. The van der Waals surface area contributed by atoms with Gasteiger partial charge in [-0.1, -0.05) is 19.1 Å². The SMILES string of the molecule is CC(=O)NCC(C)CC(=O)Nc1ccc(-c2nc3ccccc3s2)cc1. The molecule has 1 atom stereocenters. The van der Waals surface area contributed by atoms with Crippen molar-refractivity contribution in [2.75, 3.05) is 11.9 Å². The van der Waals surface area contributed by atoms with Crippen molar-refractivity contribution in [1.82, 2.24) is 10.3 Å². The Labute approximate surface area is 156 Å². The van der Waals surface area contributed by atoms with E-state index in [1.807, 2.05) is 49.4 Å². The van der Waals surface area contributed by atoms with Gasteiger partial charge < -0.3 is 10.6 Å². The lowest BCUT2D eigenvalue weighted by atomic mass is 10.1. The zero-order chi connectivity index (χ0) is 18.5. The Morgan fingerprint density at radius 3 is 2.54 bits per heavy atom. The average molecular weight is 367 g/mol. The molecule has 1 aromatic heterocycles. The third-order valence-electron chi connectivity index (χ3n) is 3.94. The summed E-state index contributed by atoms with van der Waals surface area (Å²) in [6.07, 6.45) is 0.361. The quantitative estimate of drug-likeness (QED) is 0.690. The molecule has 6 heteroatoms. The van der Waals surface area contributed by atoms with E-state index in [4.69, 9.17) is 0 Å². The first-order valence-corrected chi connectivity index (χ1v) is 9.33. The third-order valence-corrected chi connectivity index (χ3v) is 5.03. The lowest BCUT2D eigenvalue weighted by Crippen LogP contribution is -2.28. The molecule has 0 bridgehead atoms. The molecular formula is C20H21N3O2S. The minimum atomic E-state index is -0.0808. The highest BCUT2D eigenvalue weighted by Gasteiger charge is 2.11. The zero-order valence-corrected chi connectivity index (χ0v) is 15.6. The summed E-state index contributed by atoms with van der Waals surface area (Å²) in [5, 5.41) is 6.59. The molecule has 3 rings (SSSR count). The van der Waals surface area contributed by atoms with Gasteiger partial charge in [-0.15, -0.1) is 11.3 Å². The van der Waals surface area contributed by atoms with E-state index in [-0.39, 0.29) is 17.7 Å². The first-order chi connectivity index (χ1) is 12.5. The molecule has 134 valence electrons. The van der Waals surface area contributed by atoms with Crippen molar-refractivity contribution in [2.24, 2.45) is 5.92 Å². The van der Waals surface area contributed by atoms with Gasteiger partial charge in [-0.2, -0.15) is 0 Å². The van der Waals surface area contributed by atoms with Crippen molar-refractivity contribution in [3.63, 3.8) is 0 Å². The first kappa shape index (κ1) is 18.1. The van der Waals surface area contributed by atoms with Crippen molar-refractivity contribution in [2.45, 2.75) is 20.3 Å². The number of thiazole rings is 1. The van der Waals surface area contributed by atoms with Crippen molar-refractivity contribution in [1.29, 1.82) is 0 Å². The molecule has 3 aromatic rings. The largest absolute Gasteiger partial charge is 0.356 e. The summed E-state index contributed by atoms with van der Waals surface area (Å²) >= 11 is 1.65. The maximum atomic E-state index is 12.1. The standard InChI is InChI=1S/C20H21N3O2S/c1-13(12-21-14(2)24)11-19(25)22-16-9-7-15(8-10-16)20-23-17-5-3-4-6-18(17)26-20/h3-10,13H,11-12H2,1-2H3,(H,21,24)(H,22,25). The van der Waals surface area contributed by atoms with Gasteiger partial charge in [0.2, 0.25) is 11.8 Å². The molecule has 0 aliphatic carbocycles. The normalized spacial score (nSPS) is 11.9. The topological polar surface area (TPSA) is 71.1 Å². The van der Waals surface area contributed by atoms with Crippen LogP contribution in [0, 0.1) is 5.92 Å². The summed E-state index contributed by atoms with van der Waals surface area (Å²) in [4.78, 5) is 27.7. The van der Waals surface area contributed by atoms with E-state index in [9.17, 15) is 9.59 Å². The van der Waals surface area contributed by atoms with Crippen molar-refractivity contribution in [3.05, 3.63) is 48.5 Å². The minimum Gasteiger partial charge on any atom is -0.356 e. The van der Waals surface area contributed by atoms with Gasteiger partial charge in [0, 0.05) is 31.1 Å². The van der Waals surface area contributed by atoms with Crippen molar-refractivity contribution < 1.29 is 9.59 Å². The molecule has 1 heterocycles. The molecule has 0 saturated carbocycles. The summed E-state index contributed by atoms with van der Waals surface area (Å²) < 4.78 is 1.16. The summed E-state index contributed by atoms with van der Waals surface area (Å²) in [6, 6.07) is 15.8. The van der Waals surface area contributed by atoms with Crippen LogP contribution in [0.4, 0.5) is 5.69 Å². The lowest BCUT2D eigenvalue weighted by molar-refractivity contribution is -0.120. The van der Waals surface area contributed by atoms with E-state index in [0.29, 0.717) is 13.0 Å². The smallest absolute Gasteiger partial charge is 0.224 e. The van der Waals surface area contributed by atoms with Crippen LogP contribution in [-0.4, -0.2) is 23.3 Å². The molecule has 1 unspecified atom stereocenters. The van der Waals surface area contributed by atoms with Gasteiger partial charge in [0.25, 0.3) is 0 Å². The number of hydrogen-bond donors (Lipinski definition) is 2. The van der Waals surface area contributed by atoms with Gasteiger partial charge in [0.15, 0.2) is 0 Å². The number of fused-ring (bicyclic) bond motifs is 1. The predicted molar refractivity (Wildman–Crippen MR) is 106 cm³/mol. The highest BCUT2D eigenvalue weighted by atomic mass is 32.1. The van der Waals surface area contributed by atoms with E-state index in [1.54, 1.807) is 11.3 Å². The number of nitrogens with one attached hydrogen (secondary N) is 2. The van der Waals surface area contributed by atoms with Gasteiger partial charge in [-0.25, -0.2) is 4.98 Å². The van der Waals surface area contributed by atoms with E-state index in [0.717, 1.165) is 26.5 Å². The maximum absolute atomic E-state index is 12.1. The second-order valence-electron chi connectivity index (χ2n) is 6.36. The monoisotopic (exact) mass is 367 g/mol. The van der Waals surface area contributed by atoms with Crippen LogP contribution in [0.2, 0.25) is 0 Å². The summed E-state index contributed by atoms with van der Waals surface area (Å²) in [5.41, 5.74) is 2.79. The van der Waals surface area contributed by atoms with Crippen molar-refractivity contribution in [3.8, 4) is 10.6 Å². The Bertz CT molecular complexity index is 885. The molecule has 0 aliphatic heterocycles. The van der Waals surface area contributed by atoms with Crippen LogP contribution in [0.3, 0.4) is 0 Å². The minimum absolute atomic E-state index is 0.0596. The van der Waals surface area contributed by atoms with Gasteiger partial charge in [-0.05, 0) is 42.3 Å². The molecule has 0 aliphatic rings. The Morgan fingerprint density at radius 2 is 1.85 bits per heavy atom. The molecule has 2 aromatic carbocycles. The first-order valence-electron chi connectivity index (χ1n) is 8.51. The number of benzene rings is 2. The molecule has 2 N–H and O–H groups in total. The maximum Gasteiger partial charge on any atom is 0.224 e. The molecule has 0 fully saturated rings. The number of carbonyl (C=O) groups is 2. The predicted octanol–water partition coefficient (Wildman–Crippen LogP) is 4.06. The van der Waals surface area contributed by atoms with E-state index in [2.05, 4.69) is 21.7 Å². The van der Waals surface area contributed by atoms with Gasteiger partial charge in [-0.3, -0.25) is 9.59 Å². The Morgan fingerprint density at radius 1 is 1.12 bits per heavy atom. The van der Waals surface area contributed by atoms with Crippen LogP contribution in [-0.2, 0) is 9.59 Å². The molecule has 5 nitrogen and oxygen atoms in total. The highest BCUT2D eigenvalue weighted by Crippen LogP contribution is 2.30. The molecule has 0 saturated heterocycles. The number of para-hydroxylation sites is 1. The Balaban J connectivity index is 1.60. The van der Waals surface area contributed by atoms with Crippen LogP contribution in [0.1, 0.15) is 20.3 Å². The van der Waals surface area contributed by atoms with Gasteiger partial charge in [0.05, 0.1) is 10.2 Å². The molecule has 0 spiro atoms. The van der Waals surface area contributed by atoms with Gasteiger partial charge >= 0.3 is 0 Å². The fourth-order valence-electron chi connectivity index (χ4n) is 2.61. The number of amides is 2. The van der Waals surface area contributed by atoms with Crippen LogP contribution >= 0.6 is 11.3 Å². The summed E-state index contributed by atoms with van der Waals surface area (Å²) in [6.45, 7) is 3.91. The van der Waals surface area contributed by atoms with Crippen LogP contribution < -0.4 is 10.6 Å². The Kier molecular flexibility index (Phi) is 5.63. The highest BCUT2D eigenvalue weighted by molar-refractivity contribution is 7.21. The van der Waals surface area contributed by atoms with Crippen LogP contribution in [0.15, 0.2) is 48.5 Å². The van der Waals surface area contributed by atoms with E-state index in [1.165, 1.54) is 6.92 Å². The fourth-order valence-corrected chi connectivity index (χ4v) is 3.58.